The van der Waals surface area contributed by atoms with Gasteiger partial charge in [0.05, 0.1) is 11.4 Å². The molecule has 3 aliphatic heterocycles. The van der Waals surface area contributed by atoms with Crippen LogP contribution in [-0.2, 0) is 32.6 Å². The Balaban J connectivity index is 1.33. The zero-order chi connectivity index (χ0) is 22.5. The number of rotatable bonds is 5. The van der Waals surface area contributed by atoms with Gasteiger partial charge in [0.2, 0.25) is 5.91 Å². The van der Waals surface area contributed by atoms with Crippen molar-refractivity contribution in [1.82, 2.24) is 9.80 Å². The van der Waals surface area contributed by atoms with Crippen molar-refractivity contribution in [3.05, 3.63) is 53.6 Å². The molecule has 0 radical (unpaired) electrons. The van der Waals surface area contributed by atoms with E-state index >= 15 is 0 Å². The van der Waals surface area contributed by atoms with Crippen molar-refractivity contribution in [3.8, 4) is 0 Å². The molecule has 1 atom stereocenters. The summed E-state index contributed by atoms with van der Waals surface area (Å²) in [6, 6.07) is 10.6. The van der Waals surface area contributed by atoms with Gasteiger partial charge in [0.1, 0.15) is 6.04 Å². The fourth-order valence-corrected chi connectivity index (χ4v) is 5.58. The number of imide groups is 1. The Labute approximate surface area is 185 Å². The quantitative estimate of drug-likeness (QED) is 0.673. The fourth-order valence-electron chi connectivity index (χ4n) is 4.48. The third kappa shape index (κ3) is 3.60. The summed E-state index contributed by atoms with van der Waals surface area (Å²) >= 11 is 0. The van der Waals surface area contributed by atoms with E-state index in [1.165, 1.54) is 11.0 Å². The van der Waals surface area contributed by atoms with Gasteiger partial charge in [-0.1, -0.05) is 12.1 Å². The molecule has 4 amide bonds. The van der Waals surface area contributed by atoms with Gasteiger partial charge in [-0.3, -0.25) is 19.2 Å². The SMILES string of the molecule is O=C1CCc2cc(S(=O)(=O)Nc3cccc(CN4C(=O)C5CCCN5C4=O)c3)ccc2N1. The smallest absolute Gasteiger partial charge is 0.326 e. The lowest BCUT2D eigenvalue weighted by atomic mass is 10.0. The zero-order valence-corrected chi connectivity index (χ0v) is 18.0. The van der Waals surface area contributed by atoms with Crippen LogP contribution in [0.2, 0.25) is 0 Å². The van der Waals surface area contributed by atoms with Gasteiger partial charge in [-0.05, 0) is 60.7 Å². The fraction of sp³-hybridized carbons (Fsp3) is 0.318. The molecule has 166 valence electrons. The number of hydrogen-bond acceptors (Lipinski definition) is 5. The highest BCUT2D eigenvalue weighted by Crippen LogP contribution is 2.30. The minimum absolute atomic E-state index is 0.0848. The normalized spacial score (nSPS) is 20.2. The van der Waals surface area contributed by atoms with Gasteiger partial charge in [-0.15, -0.1) is 0 Å². The van der Waals surface area contributed by atoms with Crippen molar-refractivity contribution < 1.29 is 22.8 Å². The number of carbonyl (C=O) groups is 3. The third-order valence-corrected chi connectivity index (χ3v) is 7.46. The van der Waals surface area contributed by atoms with Crippen LogP contribution in [0.4, 0.5) is 16.2 Å². The Bertz CT molecular complexity index is 1220. The molecule has 2 N–H and O–H groups in total. The number of anilines is 2. The summed E-state index contributed by atoms with van der Waals surface area (Å²) in [6.07, 6.45) is 2.32. The van der Waals surface area contributed by atoms with Crippen LogP contribution in [0.3, 0.4) is 0 Å². The van der Waals surface area contributed by atoms with Gasteiger partial charge in [0.15, 0.2) is 0 Å². The Morgan fingerprint density at radius 1 is 1.06 bits per heavy atom. The molecule has 1 unspecified atom stereocenters. The van der Waals surface area contributed by atoms with Crippen molar-refractivity contribution in [2.24, 2.45) is 0 Å². The molecular formula is C22H22N4O5S. The van der Waals surface area contributed by atoms with Crippen LogP contribution in [0.1, 0.15) is 30.4 Å². The Hall–Kier alpha value is -3.40. The first-order valence-electron chi connectivity index (χ1n) is 10.5. The van der Waals surface area contributed by atoms with Gasteiger partial charge in [0, 0.05) is 24.3 Å². The van der Waals surface area contributed by atoms with Gasteiger partial charge in [-0.25, -0.2) is 13.2 Å². The molecule has 3 aliphatic rings. The first kappa shape index (κ1) is 20.5. The molecule has 0 spiro atoms. The average molecular weight is 455 g/mol. The summed E-state index contributed by atoms with van der Waals surface area (Å²) in [6.45, 7) is 0.689. The van der Waals surface area contributed by atoms with E-state index in [9.17, 15) is 22.8 Å². The summed E-state index contributed by atoms with van der Waals surface area (Å²) in [4.78, 5) is 39.5. The highest BCUT2D eigenvalue weighted by Gasteiger charge is 2.47. The second-order valence-corrected chi connectivity index (χ2v) is 9.91. The number of benzene rings is 2. The van der Waals surface area contributed by atoms with E-state index < -0.39 is 10.0 Å². The van der Waals surface area contributed by atoms with E-state index in [1.54, 1.807) is 41.3 Å². The van der Waals surface area contributed by atoms with E-state index in [4.69, 9.17) is 0 Å². The largest absolute Gasteiger partial charge is 0.327 e. The van der Waals surface area contributed by atoms with Crippen molar-refractivity contribution >= 4 is 39.2 Å². The Morgan fingerprint density at radius 2 is 1.91 bits per heavy atom. The molecule has 2 saturated heterocycles. The number of nitrogens with zero attached hydrogens (tertiary/aromatic N) is 2. The molecule has 0 saturated carbocycles. The van der Waals surface area contributed by atoms with Gasteiger partial charge in [-0.2, -0.15) is 0 Å². The zero-order valence-electron chi connectivity index (χ0n) is 17.2. The van der Waals surface area contributed by atoms with Crippen molar-refractivity contribution in [2.45, 2.75) is 43.2 Å². The lowest BCUT2D eigenvalue weighted by Crippen LogP contribution is -2.32. The maximum absolute atomic E-state index is 12.9. The number of amides is 4. The Kier molecular flexibility index (Phi) is 4.89. The van der Waals surface area contributed by atoms with Crippen molar-refractivity contribution in [3.63, 3.8) is 0 Å². The third-order valence-electron chi connectivity index (χ3n) is 6.08. The minimum atomic E-state index is -3.86. The van der Waals surface area contributed by atoms with E-state index in [2.05, 4.69) is 10.0 Å². The van der Waals surface area contributed by atoms with Crippen LogP contribution < -0.4 is 10.0 Å². The molecule has 0 bridgehead atoms. The van der Waals surface area contributed by atoms with Gasteiger partial charge < -0.3 is 10.2 Å². The lowest BCUT2D eigenvalue weighted by molar-refractivity contribution is -0.128. The molecule has 0 aliphatic carbocycles. The summed E-state index contributed by atoms with van der Waals surface area (Å²) in [5.41, 5.74) is 2.39. The maximum Gasteiger partial charge on any atom is 0.327 e. The van der Waals surface area contributed by atoms with Crippen LogP contribution in [-0.4, -0.2) is 48.6 Å². The lowest BCUT2D eigenvalue weighted by Gasteiger charge is -2.18. The second-order valence-electron chi connectivity index (χ2n) is 8.23. The van der Waals surface area contributed by atoms with E-state index in [0.717, 1.165) is 12.0 Å². The van der Waals surface area contributed by atoms with E-state index in [1.807, 2.05) is 0 Å². The topological polar surface area (TPSA) is 116 Å². The molecule has 9 nitrogen and oxygen atoms in total. The molecule has 2 fully saturated rings. The number of urea groups is 1. The van der Waals surface area contributed by atoms with Crippen molar-refractivity contribution in [2.75, 3.05) is 16.6 Å². The van der Waals surface area contributed by atoms with Crippen LogP contribution in [0, 0.1) is 0 Å². The maximum atomic E-state index is 12.9. The van der Waals surface area contributed by atoms with Gasteiger partial charge in [0.25, 0.3) is 15.9 Å². The number of sulfonamides is 1. The Morgan fingerprint density at radius 3 is 2.72 bits per heavy atom. The standard InChI is InChI=1S/C22H22N4O5S/c27-20-9-6-15-12-17(7-8-18(15)23-20)32(30,31)24-16-4-1-3-14(11-16)13-26-21(28)19-5-2-10-25(19)22(26)29/h1,3-4,7-8,11-12,19,24H,2,5-6,9-10,13H2,(H,23,27). The van der Waals surface area contributed by atoms with E-state index in [0.29, 0.717) is 42.7 Å². The molecule has 32 heavy (non-hydrogen) atoms. The molecule has 5 rings (SSSR count). The van der Waals surface area contributed by atoms with Crippen LogP contribution in [0.25, 0.3) is 0 Å². The molecule has 2 aromatic rings. The van der Waals surface area contributed by atoms with Crippen molar-refractivity contribution in [1.29, 1.82) is 0 Å². The van der Waals surface area contributed by atoms with Crippen LogP contribution >= 0.6 is 0 Å². The first-order valence-corrected chi connectivity index (χ1v) is 12.0. The number of hydrogen-bond donors (Lipinski definition) is 2. The highest BCUT2D eigenvalue weighted by molar-refractivity contribution is 7.92. The summed E-state index contributed by atoms with van der Waals surface area (Å²) in [7, 11) is -3.86. The van der Waals surface area contributed by atoms with Crippen LogP contribution in [0.5, 0.6) is 0 Å². The highest BCUT2D eigenvalue weighted by atomic mass is 32.2. The van der Waals surface area contributed by atoms with Crippen LogP contribution in [0.15, 0.2) is 47.4 Å². The molecule has 3 heterocycles. The number of fused-ring (bicyclic) bond motifs is 2. The number of carbonyl (C=O) groups excluding carboxylic acids is 3. The summed E-state index contributed by atoms with van der Waals surface area (Å²) in [5, 5.41) is 2.73. The minimum Gasteiger partial charge on any atom is -0.326 e. The molecule has 0 aromatic heterocycles. The van der Waals surface area contributed by atoms with Gasteiger partial charge >= 0.3 is 6.03 Å². The number of nitrogens with one attached hydrogen (secondary N) is 2. The molecule has 2 aromatic carbocycles. The average Bonchev–Trinajstić information content (AvgIpc) is 3.33. The molecular weight excluding hydrogens is 432 g/mol. The van der Waals surface area contributed by atoms with E-state index in [-0.39, 0.29) is 35.3 Å². The monoisotopic (exact) mass is 454 g/mol. The summed E-state index contributed by atoms with van der Waals surface area (Å²) < 4.78 is 28.4. The second kappa shape index (κ2) is 7.63. The number of aryl methyl sites for hydroxylation is 1. The summed E-state index contributed by atoms with van der Waals surface area (Å²) in [5.74, 6) is -0.280. The predicted molar refractivity (Wildman–Crippen MR) is 116 cm³/mol. The molecule has 10 heteroatoms. The predicted octanol–water partition coefficient (Wildman–Crippen LogP) is 2.30. The first-order chi connectivity index (χ1) is 15.3.